The fourth-order valence-electron chi connectivity index (χ4n) is 4.01. The summed E-state index contributed by atoms with van der Waals surface area (Å²) in [5.74, 6) is 1.62. The van der Waals surface area contributed by atoms with Gasteiger partial charge in [0.15, 0.2) is 0 Å². The molecule has 1 heterocycles. The molecule has 0 aromatic heterocycles. The molecule has 0 radical (unpaired) electrons. The summed E-state index contributed by atoms with van der Waals surface area (Å²) in [4.78, 5) is 12.6. The Morgan fingerprint density at radius 2 is 2.17 bits per heavy atom. The Balaban J connectivity index is 1.60. The van der Waals surface area contributed by atoms with E-state index in [4.69, 9.17) is 0 Å². The Morgan fingerprint density at radius 3 is 2.89 bits per heavy atom. The molecule has 18 heavy (non-hydrogen) atoms. The molecule has 102 valence electrons. The Morgan fingerprint density at radius 1 is 1.39 bits per heavy atom. The van der Waals surface area contributed by atoms with Gasteiger partial charge in [-0.2, -0.15) is 0 Å². The third kappa shape index (κ3) is 1.97. The van der Waals surface area contributed by atoms with Crippen LogP contribution in [0.25, 0.3) is 0 Å². The number of fused-ring (bicyclic) bond motifs is 1. The molecular formula is C15H26N2O. The van der Waals surface area contributed by atoms with Crippen molar-refractivity contribution in [2.75, 3.05) is 19.6 Å². The van der Waals surface area contributed by atoms with E-state index in [0.717, 1.165) is 26.1 Å². The second-order valence-corrected chi connectivity index (χ2v) is 7.33. The maximum absolute atomic E-state index is 12.6. The summed E-state index contributed by atoms with van der Waals surface area (Å²) in [7, 11) is 0. The first-order chi connectivity index (χ1) is 8.55. The van der Waals surface area contributed by atoms with Crippen molar-refractivity contribution in [1.29, 1.82) is 0 Å². The lowest BCUT2D eigenvalue weighted by Crippen LogP contribution is -2.48. The van der Waals surface area contributed by atoms with Gasteiger partial charge >= 0.3 is 0 Å². The van der Waals surface area contributed by atoms with Crippen LogP contribution in [0.3, 0.4) is 0 Å². The number of carbonyl (C=O) groups excluding carboxylic acids is 1. The first-order valence-electron chi connectivity index (χ1n) is 7.54. The number of carbonyl (C=O) groups is 1. The van der Waals surface area contributed by atoms with Crippen LogP contribution in [0, 0.1) is 22.7 Å². The van der Waals surface area contributed by atoms with Crippen molar-refractivity contribution in [3.8, 4) is 0 Å². The van der Waals surface area contributed by atoms with Gasteiger partial charge in [-0.15, -0.1) is 0 Å². The summed E-state index contributed by atoms with van der Waals surface area (Å²) >= 11 is 0. The van der Waals surface area contributed by atoms with Crippen LogP contribution in [0.2, 0.25) is 0 Å². The minimum absolute atomic E-state index is 0.0721. The molecule has 1 amide bonds. The zero-order valence-electron chi connectivity index (χ0n) is 11.7. The van der Waals surface area contributed by atoms with Crippen LogP contribution in [0.4, 0.5) is 0 Å². The van der Waals surface area contributed by atoms with E-state index in [-0.39, 0.29) is 5.41 Å². The summed E-state index contributed by atoms with van der Waals surface area (Å²) < 4.78 is 0. The molecule has 2 aliphatic carbocycles. The first-order valence-corrected chi connectivity index (χ1v) is 7.54. The normalized spacial score (nSPS) is 41.2. The van der Waals surface area contributed by atoms with E-state index in [0.29, 0.717) is 23.2 Å². The fraction of sp³-hybridized carbons (Fsp3) is 0.933. The lowest BCUT2D eigenvalue weighted by Gasteiger charge is -2.37. The Kier molecular flexibility index (Phi) is 2.92. The van der Waals surface area contributed by atoms with Crippen LogP contribution in [-0.4, -0.2) is 25.5 Å². The van der Waals surface area contributed by atoms with Gasteiger partial charge in [-0.25, -0.2) is 0 Å². The van der Waals surface area contributed by atoms with Gasteiger partial charge in [0.1, 0.15) is 0 Å². The summed E-state index contributed by atoms with van der Waals surface area (Å²) in [5.41, 5.74) is 0.391. The molecule has 2 saturated carbocycles. The van der Waals surface area contributed by atoms with Crippen LogP contribution in [-0.2, 0) is 4.79 Å². The van der Waals surface area contributed by atoms with Gasteiger partial charge < -0.3 is 10.6 Å². The molecular weight excluding hydrogens is 224 g/mol. The summed E-state index contributed by atoms with van der Waals surface area (Å²) in [5, 5.41) is 6.70. The number of hydrogen-bond donors (Lipinski definition) is 2. The highest BCUT2D eigenvalue weighted by Crippen LogP contribution is 2.51. The predicted octanol–water partition coefficient (Wildman–Crippen LogP) is 1.93. The molecule has 0 aromatic rings. The van der Waals surface area contributed by atoms with Crippen LogP contribution in [0.15, 0.2) is 0 Å². The van der Waals surface area contributed by atoms with Gasteiger partial charge in [-0.1, -0.05) is 26.7 Å². The molecule has 3 aliphatic rings. The standard InChI is InChI=1S/C15H26N2O/c1-14(2)7-12(14)9-17-13(18)15-6-4-3-5-11(15)8-16-10-15/h11-12,16H,3-10H2,1-2H3,(H,17,18)/t11-,12?,15+/m0/s1. The molecule has 0 aromatic carbocycles. The molecule has 3 fully saturated rings. The molecule has 2 N–H and O–H groups in total. The van der Waals surface area contributed by atoms with Gasteiger partial charge in [0.25, 0.3) is 0 Å². The van der Waals surface area contributed by atoms with Crippen LogP contribution in [0.1, 0.15) is 46.0 Å². The highest BCUT2D eigenvalue weighted by molar-refractivity contribution is 5.84. The second kappa shape index (κ2) is 4.22. The third-order valence-corrected chi connectivity index (χ3v) is 5.72. The highest BCUT2D eigenvalue weighted by atomic mass is 16.2. The summed E-state index contributed by atoms with van der Waals surface area (Å²) in [6.45, 7) is 7.42. The van der Waals surface area contributed by atoms with Crippen molar-refractivity contribution in [1.82, 2.24) is 10.6 Å². The van der Waals surface area contributed by atoms with E-state index < -0.39 is 0 Å². The van der Waals surface area contributed by atoms with E-state index in [2.05, 4.69) is 24.5 Å². The molecule has 0 bridgehead atoms. The van der Waals surface area contributed by atoms with Gasteiger partial charge in [-0.05, 0) is 43.1 Å². The lowest BCUT2D eigenvalue weighted by molar-refractivity contribution is -0.134. The number of hydrogen-bond acceptors (Lipinski definition) is 2. The van der Waals surface area contributed by atoms with Crippen molar-refractivity contribution in [2.24, 2.45) is 22.7 Å². The smallest absolute Gasteiger partial charge is 0.227 e. The number of amides is 1. The van der Waals surface area contributed by atoms with Gasteiger partial charge in [0, 0.05) is 13.1 Å². The fourth-order valence-corrected chi connectivity index (χ4v) is 4.01. The lowest BCUT2D eigenvalue weighted by atomic mass is 9.67. The van der Waals surface area contributed by atoms with E-state index in [9.17, 15) is 4.79 Å². The minimum Gasteiger partial charge on any atom is -0.355 e. The zero-order chi connectivity index (χ0) is 12.8. The monoisotopic (exact) mass is 250 g/mol. The Labute approximate surface area is 110 Å². The van der Waals surface area contributed by atoms with E-state index in [1.54, 1.807) is 0 Å². The molecule has 3 rings (SSSR count). The maximum atomic E-state index is 12.6. The van der Waals surface area contributed by atoms with Gasteiger partial charge in [-0.3, -0.25) is 4.79 Å². The molecule has 1 unspecified atom stereocenters. The van der Waals surface area contributed by atoms with Crippen molar-refractivity contribution in [3.63, 3.8) is 0 Å². The van der Waals surface area contributed by atoms with E-state index >= 15 is 0 Å². The average molecular weight is 250 g/mol. The number of nitrogens with one attached hydrogen (secondary N) is 2. The van der Waals surface area contributed by atoms with Gasteiger partial charge in [0.2, 0.25) is 5.91 Å². The maximum Gasteiger partial charge on any atom is 0.227 e. The first kappa shape index (κ1) is 12.5. The Bertz CT molecular complexity index is 352. The topological polar surface area (TPSA) is 41.1 Å². The zero-order valence-corrected chi connectivity index (χ0v) is 11.7. The Hall–Kier alpha value is -0.570. The molecule has 3 atom stereocenters. The van der Waals surface area contributed by atoms with Crippen molar-refractivity contribution >= 4 is 5.91 Å². The van der Waals surface area contributed by atoms with Gasteiger partial charge in [0.05, 0.1) is 5.41 Å². The molecule has 3 heteroatoms. The minimum atomic E-state index is -0.0721. The van der Waals surface area contributed by atoms with Crippen LogP contribution in [0.5, 0.6) is 0 Å². The van der Waals surface area contributed by atoms with Crippen molar-refractivity contribution in [2.45, 2.75) is 46.0 Å². The molecule has 3 nitrogen and oxygen atoms in total. The quantitative estimate of drug-likeness (QED) is 0.803. The average Bonchev–Trinajstić information content (AvgIpc) is 2.78. The molecule has 1 aliphatic heterocycles. The predicted molar refractivity (Wildman–Crippen MR) is 72.2 cm³/mol. The largest absolute Gasteiger partial charge is 0.355 e. The molecule has 0 spiro atoms. The summed E-state index contributed by atoms with van der Waals surface area (Å²) in [6.07, 6.45) is 6.11. The summed E-state index contributed by atoms with van der Waals surface area (Å²) in [6, 6.07) is 0. The number of rotatable bonds is 3. The van der Waals surface area contributed by atoms with Crippen LogP contribution >= 0.6 is 0 Å². The second-order valence-electron chi connectivity index (χ2n) is 7.33. The van der Waals surface area contributed by atoms with Crippen LogP contribution < -0.4 is 10.6 Å². The third-order valence-electron chi connectivity index (χ3n) is 5.72. The van der Waals surface area contributed by atoms with Crippen molar-refractivity contribution in [3.05, 3.63) is 0 Å². The van der Waals surface area contributed by atoms with E-state index in [1.165, 1.54) is 25.7 Å². The van der Waals surface area contributed by atoms with Crippen molar-refractivity contribution < 1.29 is 4.79 Å². The molecule has 1 saturated heterocycles. The SMILES string of the molecule is CC1(C)CC1CNC(=O)[C@@]12CCCC[C@H]1CNC2. The highest BCUT2D eigenvalue weighted by Gasteiger charge is 2.51. The van der Waals surface area contributed by atoms with E-state index in [1.807, 2.05) is 0 Å².